The Bertz CT molecular complexity index is 507. The van der Waals surface area contributed by atoms with Crippen LogP contribution in [-0.2, 0) is 4.74 Å². The van der Waals surface area contributed by atoms with Crippen molar-refractivity contribution in [2.75, 3.05) is 19.3 Å². The van der Waals surface area contributed by atoms with E-state index < -0.39 is 11.7 Å². The Morgan fingerprint density at radius 3 is 2.50 bits per heavy atom. The maximum absolute atomic E-state index is 12.5. The summed E-state index contributed by atoms with van der Waals surface area (Å²) < 4.78 is 5.24. The number of ether oxygens (including phenoxy) is 1. The molecule has 2 N–H and O–H groups in total. The molecule has 0 heterocycles. The molecule has 26 heavy (non-hydrogen) atoms. The highest BCUT2D eigenvalue weighted by Crippen LogP contribution is 2.08. The van der Waals surface area contributed by atoms with Crippen molar-refractivity contribution in [3.63, 3.8) is 0 Å². The standard InChI is InChI=1S/C17H31BrN4O3S/c1-7-11-22(15(23)21-14(26-6)19-10-9-18)12-8-13(2)20-16(24)25-17(3,4)5/h9-10,13H,7-8,11-12H2,1-6H3,(H,20,24)(H,19,21,23)/b10-9+. The van der Waals surface area contributed by atoms with Gasteiger partial charge in [0.25, 0.3) is 0 Å². The normalized spacial score (nSPS) is 13.4. The molecule has 1 atom stereocenters. The molecule has 0 radical (unpaired) electrons. The zero-order valence-corrected chi connectivity index (χ0v) is 18.9. The topological polar surface area (TPSA) is 83.0 Å². The van der Waals surface area contributed by atoms with Gasteiger partial charge in [-0.25, -0.2) is 14.6 Å². The number of thioether (sulfide) groups is 1. The molecule has 0 aliphatic rings. The predicted molar refractivity (Wildman–Crippen MR) is 113 cm³/mol. The van der Waals surface area contributed by atoms with Crippen LogP contribution in [0.1, 0.15) is 47.5 Å². The maximum atomic E-state index is 12.5. The van der Waals surface area contributed by atoms with Gasteiger partial charge in [-0.3, -0.25) is 5.32 Å². The van der Waals surface area contributed by atoms with Gasteiger partial charge in [-0.15, -0.1) is 0 Å². The molecule has 3 amide bonds. The molecule has 9 heteroatoms. The van der Waals surface area contributed by atoms with Crippen LogP contribution in [0.15, 0.2) is 16.2 Å². The highest BCUT2D eigenvalue weighted by Gasteiger charge is 2.19. The molecule has 150 valence electrons. The molecule has 0 bridgehead atoms. The molecule has 7 nitrogen and oxygen atoms in total. The van der Waals surface area contributed by atoms with Crippen molar-refractivity contribution < 1.29 is 14.3 Å². The van der Waals surface area contributed by atoms with Gasteiger partial charge in [0.05, 0.1) is 0 Å². The van der Waals surface area contributed by atoms with Crippen molar-refractivity contribution in [3.05, 3.63) is 11.2 Å². The molecule has 0 saturated heterocycles. The van der Waals surface area contributed by atoms with E-state index in [2.05, 4.69) is 31.6 Å². The van der Waals surface area contributed by atoms with Crippen LogP contribution in [-0.4, -0.2) is 53.2 Å². The predicted octanol–water partition coefficient (Wildman–Crippen LogP) is 4.30. The van der Waals surface area contributed by atoms with E-state index in [9.17, 15) is 9.59 Å². The van der Waals surface area contributed by atoms with Crippen molar-refractivity contribution >= 4 is 45.0 Å². The molecule has 1 unspecified atom stereocenters. The van der Waals surface area contributed by atoms with E-state index in [0.717, 1.165) is 6.42 Å². The van der Waals surface area contributed by atoms with E-state index in [1.807, 2.05) is 40.9 Å². The van der Waals surface area contributed by atoms with E-state index in [1.165, 1.54) is 11.8 Å². The smallest absolute Gasteiger partial charge is 0.407 e. The highest BCUT2D eigenvalue weighted by atomic mass is 79.9. The lowest BCUT2D eigenvalue weighted by Gasteiger charge is -2.25. The lowest BCUT2D eigenvalue weighted by Crippen LogP contribution is -2.45. The van der Waals surface area contributed by atoms with E-state index in [4.69, 9.17) is 4.74 Å². The van der Waals surface area contributed by atoms with Gasteiger partial charge in [-0.2, -0.15) is 0 Å². The maximum Gasteiger partial charge on any atom is 0.407 e. The Morgan fingerprint density at radius 2 is 2.00 bits per heavy atom. The fourth-order valence-corrected chi connectivity index (χ4v) is 2.39. The molecular weight excluding hydrogens is 420 g/mol. The van der Waals surface area contributed by atoms with Crippen molar-refractivity contribution in [3.8, 4) is 0 Å². The Hall–Kier alpha value is -1.22. The van der Waals surface area contributed by atoms with E-state index >= 15 is 0 Å². The Morgan fingerprint density at radius 1 is 1.35 bits per heavy atom. The first kappa shape index (κ1) is 24.8. The van der Waals surface area contributed by atoms with Gasteiger partial charge in [-0.1, -0.05) is 34.6 Å². The summed E-state index contributed by atoms with van der Waals surface area (Å²) in [5, 5.41) is 6.11. The number of amidine groups is 1. The number of nitrogens with zero attached hydrogens (tertiary/aromatic N) is 2. The lowest BCUT2D eigenvalue weighted by molar-refractivity contribution is 0.0505. The third-order valence-electron chi connectivity index (χ3n) is 3.03. The van der Waals surface area contributed by atoms with Crippen LogP contribution in [0, 0.1) is 0 Å². The summed E-state index contributed by atoms with van der Waals surface area (Å²) >= 11 is 4.50. The molecule has 0 saturated carbocycles. The first-order chi connectivity index (χ1) is 12.1. The number of aliphatic imine (C=N–C) groups is 1. The number of halogens is 1. The lowest BCUT2D eigenvalue weighted by atomic mass is 10.2. The molecular formula is C17H31BrN4O3S. The minimum Gasteiger partial charge on any atom is -0.444 e. The van der Waals surface area contributed by atoms with Crippen LogP contribution in [0.3, 0.4) is 0 Å². The van der Waals surface area contributed by atoms with Gasteiger partial charge in [0.1, 0.15) is 5.60 Å². The van der Waals surface area contributed by atoms with Crippen molar-refractivity contribution in [2.24, 2.45) is 4.99 Å². The summed E-state index contributed by atoms with van der Waals surface area (Å²) in [7, 11) is 0. The van der Waals surface area contributed by atoms with Crippen LogP contribution in [0.25, 0.3) is 0 Å². The number of amides is 3. The summed E-state index contributed by atoms with van der Waals surface area (Å²) in [4.78, 5) is 31.7. The number of carbonyl (C=O) groups is 2. The quantitative estimate of drug-likeness (QED) is 0.447. The first-order valence-corrected chi connectivity index (χ1v) is 10.7. The number of carbonyl (C=O) groups excluding carboxylic acids is 2. The molecule has 0 aliphatic carbocycles. The number of urea groups is 1. The van der Waals surface area contributed by atoms with Crippen molar-refractivity contribution in [1.29, 1.82) is 0 Å². The molecule has 0 aliphatic heterocycles. The second kappa shape index (κ2) is 13.0. The Labute approximate surface area is 169 Å². The van der Waals surface area contributed by atoms with Gasteiger partial charge in [0.2, 0.25) is 0 Å². The van der Waals surface area contributed by atoms with Crippen LogP contribution < -0.4 is 10.6 Å². The third-order valence-corrected chi connectivity index (χ3v) is 3.86. The largest absolute Gasteiger partial charge is 0.444 e. The monoisotopic (exact) mass is 450 g/mol. The Balaban J connectivity index is 4.62. The van der Waals surface area contributed by atoms with E-state index in [1.54, 1.807) is 16.1 Å². The first-order valence-electron chi connectivity index (χ1n) is 8.55. The SMILES string of the molecule is CCCN(CCC(C)NC(=O)OC(C)(C)C)C(=O)NC(=N/C=C/Br)SC. The fourth-order valence-electron chi connectivity index (χ4n) is 1.92. The van der Waals surface area contributed by atoms with E-state index in [-0.39, 0.29) is 12.1 Å². The zero-order valence-electron chi connectivity index (χ0n) is 16.5. The van der Waals surface area contributed by atoms with Gasteiger partial charge >= 0.3 is 12.1 Å². The second-order valence-electron chi connectivity index (χ2n) is 6.67. The summed E-state index contributed by atoms with van der Waals surface area (Å²) in [6.07, 6.45) is 4.42. The number of rotatable bonds is 7. The molecule has 0 aromatic rings. The van der Waals surface area contributed by atoms with E-state index in [0.29, 0.717) is 24.7 Å². The van der Waals surface area contributed by atoms with Gasteiger partial charge in [-0.05, 0) is 51.8 Å². The number of nitrogens with one attached hydrogen (secondary N) is 2. The average molecular weight is 451 g/mol. The third kappa shape index (κ3) is 12.2. The van der Waals surface area contributed by atoms with Crippen LogP contribution in [0.4, 0.5) is 9.59 Å². The summed E-state index contributed by atoms with van der Waals surface area (Å²) in [6, 6.07) is -0.311. The minimum atomic E-state index is -0.533. The number of alkyl carbamates (subject to hydrolysis) is 1. The molecule has 0 fully saturated rings. The Kier molecular flexibility index (Phi) is 12.4. The van der Waals surface area contributed by atoms with Gasteiger partial charge in [0.15, 0.2) is 5.17 Å². The van der Waals surface area contributed by atoms with Crippen LogP contribution in [0.2, 0.25) is 0 Å². The number of hydrogen-bond acceptors (Lipinski definition) is 5. The highest BCUT2D eigenvalue weighted by molar-refractivity contribution is 9.11. The summed E-state index contributed by atoms with van der Waals surface area (Å²) in [6.45, 7) is 10.5. The summed E-state index contributed by atoms with van der Waals surface area (Å²) in [5.41, 5.74) is -0.533. The van der Waals surface area contributed by atoms with Crippen molar-refractivity contribution in [1.82, 2.24) is 15.5 Å². The zero-order chi connectivity index (χ0) is 20.2. The summed E-state index contributed by atoms with van der Waals surface area (Å²) in [5.74, 6) is 0. The second-order valence-corrected chi connectivity index (χ2v) is 7.99. The number of hydrogen-bond donors (Lipinski definition) is 2. The van der Waals surface area contributed by atoms with Crippen molar-refractivity contribution in [2.45, 2.75) is 59.1 Å². The molecule has 0 spiro atoms. The van der Waals surface area contributed by atoms with Gasteiger partial charge in [0, 0.05) is 25.3 Å². The van der Waals surface area contributed by atoms with Crippen LogP contribution >= 0.6 is 27.7 Å². The molecule has 0 aromatic carbocycles. The average Bonchev–Trinajstić information content (AvgIpc) is 2.53. The molecule has 0 rings (SSSR count). The fraction of sp³-hybridized carbons (Fsp3) is 0.706. The minimum absolute atomic E-state index is 0.109. The van der Waals surface area contributed by atoms with Crippen LogP contribution in [0.5, 0.6) is 0 Å². The molecule has 0 aromatic heterocycles. The van der Waals surface area contributed by atoms with Gasteiger partial charge < -0.3 is 15.0 Å².